The lowest BCUT2D eigenvalue weighted by Crippen LogP contribution is -2.25. The first-order valence-electron chi connectivity index (χ1n) is 5.80. The van der Waals surface area contributed by atoms with Gasteiger partial charge in [0, 0.05) is 0 Å². The van der Waals surface area contributed by atoms with Crippen molar-refractivity contribution in [2.24, 2.45) is 0 Å². The van der Waals surface area contributed by atoms with Gasteiger partial charge in [-0.2, -0.15) is 0 Å². The van der Waals surface area contributed by atoms with Gasteiger partial charge in [0.1, 0.15) is 0 Å². The van der Waals surface area contributed by atoms with Crippen LogP contribution >= 0.6 is 0 Å². The molecule has 1 fully saturated rings. The minimum Gasteiger partial charge on any atom is -0.464 e. The monoisotopic (exact) mass is 289 g/mol. The highest BCUT2D eigenvalue weighted by atomic mass is 32.2. The predicted molar refractivity (Wildman–Crippen MR) is 64.4 cm³/mol. The van der Waals surface area contributed by atoms with Crippen LogP contribution in [0, 0.1) is 0 Å². The summed E-state index contributed by atoms with van der Waals surface area (Å²) < 4.78 is 28.9. The van der Waals surface area contributed by atoms with E-state index in [9.17, 15) is 18.3 Å². The van der Waals surface area contributed by atoms with Crippen molar-refractivity contribution in [2.45, 2.75) is 25.5 Å². The minimum absolute atomic E-state index is 0.0569. The Labute approximate surface area is 110 Å². The molecule has 1 aliphatic rings. The molecule has 1 aliphatic heterocycles. The average Bonchev–Trinajstić information content (AvgIpc) is 2.88. The summed E-state index contributed by atoms with van der Waals surface area (Å²) in [7, 11) is -2.06. The molecule has 9 heteroatoms. The van der Waals surface area contributed by atoms with Crippen molar-refractivity contribution < 1.29 is 23.1 Å². The molecule has 0 amide bonds. The molecule has 2 atom stereocenters. The quantitative estimate of drug-likeness (QED) is 0.707. The molecule has 2 unspecified atom stereocenters. The molecule has 8 nitrogen and oxygen atoms in total. The number of aromatic nitrogens is 3. The van der Waals surface area contributed by atoms with Crippen molar-refractivity contribution in [1.82, 2.24) is 15.0 Å². The highest BCUT2D eigenvalue weighted by Crippen LogP contribution is 2.26. The predicted octanol–water partition coefficient (Wildman–Crippen LogP) is -1.04. The van der Waals surface area contributed by atoms with E-state index in [1.54, 1.807) is 6.92 Å². The molecule has 0 aliphatic carbocycles. The van der Waals surface area contributed by atoms with Gasteiger partial charge in [-0.15, -0.1) is 5.10 Å². The number of rotatable bonds is 3. The fraction of sp³-hybridized carbons (Fsp3) is 0.700. The van der Waals surface area contributed by atoms with E-state index in [0.29, 0.717) is 12.1 Å². The third-order valence-corrected chi connectivity index (χ3v) is 4.81. The zero-order chi connectivity index (χ0) is 14.2. The summed E-state index contributed by atoms with van der Waals surface area (Å²) in [6, 6.07) is -0.703. The summed E-state index contributed by atoms with van der Waals surface area (Å²) in [5.41, 5.74) is 0.523. The molecule has 0 radical (unpaired) electrons. The van der Waals surface area contributed by atoms with Crippen molar-refractivity contribution in [2.75, 3.05) is 18.6 Å². The third-order valence-electron chi connectivity index (χ3n) is 3.11. The Morgan fingerprint density at radius 3 is 2.68 bits per heavy atom. The summed E-state index contributed by atoms with van der Waals surface area (Å²) in [6.07, 6.45) is -0.608. The zero-order valence-electron chi connectivity index (χ0n) is 10.6. The molecule has 2 rings (SSSR count). The number of hydrogen-bond donors (Lipinski definition) is 1. The van der Waals surface area contributed by atoms with Crippen LogP contribution in [0.2, 0.25) is 0 Å². The Hall–Kier alpha value is -1.48. The highest BCUT2D eigenvalue weighted by Gasteiger charge is 2.40. The van der Waals surface area contributed by atoms with Gasteiger partial charge < -0.3 is 9.84 Å². The van der Waals surface area contributed by atoms with E-state index in [1.807, 2.05) is 0 Å². The molecule has 1 aromatic rings. The topological polar surface area (TPSA) is 111 Å². The largest absolute Gasteiger partial charge is 0.464 e. The van der Waals surface area contributed by atoms with Crippen LogP contribution in [0.15, 0.2) is 0 Å². The van der Waals surface area contributed by atoms with E-state index >= 15 is 0 Å². The second-order valence-corrected chi connectivity index (χ2v) is 6.54. The smallest absolute Gasteiger partial charge is 0.360 e. The fourth-order valence-electron chi connectivity index (χ4n) is 2.21. The number of ether oxygens (including phenoxy) is 1. The Kier molecular flexibility index (Phi) is 3.59. The Bertz CT molecular complexity index is 594. The molecule has 0 spiro atoms. The van der Waals surface area contributed by atoms with Crippen molar-refractivity contribution in [3.05, 3.63) is 11.4 Å². The minimum atomic E-state index is -3.29. The van der Waals surface area contributed by atoms with Crippen LogP contribution in [-0.2, 0) is 21.0 Å². The van der Waals surface area contributed by atoms with Gasteiger partial charge in [-0.1, -0.05) is 12.1 Å². The molecule has 0 aromatic carbocycles. The lowest BCUT2D eigenvalue weighted by atomic mass is 10.2. The highest BCUT2D eigenvalue weighted by molar-refractivity contribution is 7.91. The van der Waals surface area contributed by atoms with Gasteiger partial charge in [0.25, 0.3) is 0 Å². The number of carbonyl (C=O) groups excluding carboxylic acids is 1. The summed E-state index contributed by atoms with van der Waals surface area (Å²) in [6.45, 7) is 1.79. The van der Waals surface area contributed by atoms with Crippen LogP contribution in [0.3, 0.4) is 0 Å². The van der Waals surface area contributed by atoms with E-state index in [2.05, 4.69) is 15.0 Å². The number of sulfone groups is 1. The number of hydrogen-bond acceptors (Lipinski definition) is 7. The van der Waals surface area contributed by atoms with Gasteiger partial charge in [-0.3, -0.25) is 0 Å². The van der Waals surface area contributed by atoms with Gasteiger partial charge in [0.2, 0.25) is 0 Å². The molecule has 0 saturated carbocycles. The molecule has 106 valence electrons. The number of methoxy groups -OCH3 is 1. The van der Waals surface area contributed by atoms with E-state index in [0.717, 1.165) is 0 Å². The van der Waals surface area contributed by atoms with Crippen LogP contribution in [0.25, 0.3) is 0 Å². The number of carbonyl (C=O) groups is 1. The average molecular weight is 289 g/mol. The van der Waals surface area contributed by atoms with Gasteiger partial charge in [0.05, 0.1) is 36.5 Å². The van der Waals surface area contributed by atoms with Crippen LogP contribution in [0.1, 0.15) is 29.1 Å². The van der Waals surface area contributed by atoms with Crippen molar-refractivity contribution in [3.63, 3.8) is 0 Å². The van der Waals surface area contributed by atoms with Gasteiger partial charge in [-0.05, 0) is 6.42 Å². The van der Waals surface area contributed by atoms with E-state index < -0.39 is 28.0 Å². The molecule has 19 heavy (non-hydrogen) atoms. The van der Waals surface area contributed by atoms with Gasteiger partial charge in [-0.25, -0.2) is 17.9 Å². The second-order valence-electron chi connectivity index (χ2n) is 4.39. The van der Waals surface area contributed by atoms with Crippen LogP contribution < -0.4 is 0 Å². The number of aliphatic hydroxyl groups is 1. The lowest BCUT2D eigenvalue weighted by molar-refractivity contribution is 0.0592. The Morgan fingerprint density at radius 2 is 2.21 bits per heavy atom. The first-order valence-corrected chi connectivity index (χ1v) is 7.62. The van der Waals surface area contributed by atoms with Crippen LogP contribution in [0.4, 0.5) is 0 Å². The Morgan fingerprint density at radius 1 is 1.53 bits per heavy atom. The van der Waals surface area contributed by atoms with Gasteiger partial charge >= 0.3 is 5.97 Å². The molecule has 0 bridgehead atoms. The number of aliphatic hydroxyl groups excluding tert-OH is 1. The molecular weight excluding hydrogens is 274 g/mol. The maximum Gasteiger partial charge on any atom is 0.360 e. The summed E-state index contributed by atoms with van der Waals surface area (Å²) in [5.74, 6) is -1.13. The van der Waals surface area contributed by atoms with E-state index in [4.69, 9.17) is 0 Å². The fourth-order valence-corrected chi connectivity index (χ4v) is 3.97. The van der Waals surface area contributed by atoms with E-state index in [1.165, 1.54) is 11.8 Å². The molecule has 1 aromatic heterocycles. The zero-order valence-corrected chi connectivity index (χ0v) is 11.4. The first-order chi connectivity index (χ1) is 8.89. The van der Waals surface area contributed by atoms with Crippen molar-refractivity contribution in [3.8, 4) is 0 Å². The van der Waals surface area contributed by atoms with E-state index in [-0.39, 0.29) is 17.2 Å². The van der Waals surface area contributed by atoms with Crippen molar-refractivity contribution >= 4 is 15.8 Å². The summed E-state index contributed by atoms with van der Waals surface area (Å²) >= 11 is 0. The molecule has 1 N–H and O–H groups in total. The molecule has 1 saturated heterocycles. The second kappa shape index (κ2) is 4.89. The summed E-state index contributed by atoms with van der Waals surface area (Å²) in [5, 5.41) is 17.3. The third kappa shape index (κ3) is 2.47. The molecule has 2 heterocycles. The Balaban J connectivity index is 2.41. The summed E-state index contributed by atoms with van der Waals surface area (Å²) in [4.78, 5) is 11.5. The van der Waals surface area contributed by atoms with Gasteiger partial charge in [0.15, 0.2) is 15.5 Å². The van der Waals surface area contributed by atoms with Crippen LogP contribution in [0.5, 0.6) is 0 Å². The van der Waals surface area contributed by atoms with Crippen molar-refractivity contribution in [1.29, 1.82) is 0 Å². The van der Waals surface area contributed by atoms with Crippen LogP contribution in [-0.4, -0.2) is 59.2 Å². The SMILES string of the molecule is CCc1c(C(=O)OC)nnn1C1CS(=O)(=O)CC1O. The first kappa shape index (κ1) is 13.9. The number of esters is 1. The molecular formula is C10H15N3O5S. The maximum atomic E-state index is 11.5. The maximum absolute atomic E-state index is 11.5. The normalized spacial score (nSPS) is 25.4. The number of nitrogens with zero attached hydrogens (tertiary/aromatic N) is 3. The standard InChI is InChI=1S/C10H15N3O5S/c1-3-6-9(10(15)18-2)11-12-13(6)7-4-19(16,17)5-8(7)14/h7-8,14H,3-5H2,1-2H3. The lowest BCUT2D eigenvalue weighted by Gasteiger charge is -2.15.